The number of nitrogens with zero attached hydrogens (tertiary/aromatic N) is 1. The van der Waals surface area contributed by atoms with Gasteiger partial charge in [-0.3, -0.25) is 9.59 Å². The molecule has 1 saturated heterocycles. The molecule has 218 valence electrons. The molecule has 2 aromatic rings. The second-order valence-corrected chi connectivity index (χ2v) is 11.1. The van der Waals surface area contributed by atoms with Crippen LogP contribution in [0.4, 0.5) is 4.79 Å². The smallest absolute Gasteiger partial charge is 0.423 e. The van der Waals surface area contributed by atoms with Gasteiger partial charge in [0, 0.05) is 16.0 Å². The molecule has 1 aliphatic carbocycles. The fourth-order valence-electron chi connectivity index (χ4n) is 5.74. The van der Waals surface area contributed by atoms with E-state index < -0.39 is 48.4 Å². The summed E-state index contributed by atoms with van der Waals surface area (Å²) in [6.07, 6.45) is 1.29. The molecule has 0 spiro atoms. The van der Waals surface area contributed by atoms with Crippen molar-refractivity contribution < 1.29 is 39.2 Å². The Balaban J connectivity index is 1.65. The van der Waals surface area contributed by atoms with E-state index >= 15 is 0 Å². The van der Waals surface area contributed by atoms with E-state index in [-0.39, 0.29) is 25.2 Å². The van der Waals surface area contributed by atoms with E-state index in [9.17, 15) is 29.7 Å². The number of fused-ring (bicyclic) bond motifs is 1. The van der Waals surface area contributed by atoms with Crippen LogP contribution in [0, 0.1) is 17.8 Å². The number of phenolic OH excluding ortho intramolecular Hbond substituents is 1. The number of hydrogen-bond acceptors (Lipinski definition) is 8. The van der Waals surface area contributed by atoms with Crippen molar-refractivity contribution in [3.8, 4) is 11.5 Å². The van der Waals surface area contributed by atoms with Crippen LogP contribution in [0.3, 0.4) is 0 Å². The fraction of sp³-hybridized carbons (Fsp3) is 0.387. The molecule has 3 N–H and O–H groups in total. The Bertz CT molecular complexity index is 1360. The number of halogens is 1. The lowest BCUT2D eigenvalue weighted by Crippen LogP contribution is -2.40. The predicted octanol–water partition coefficient (Wildman–Crippen LogP) is 4.84. The Labute approximate surface area is 247 Å². The highest BCUT2D eigenvalue weighted by Crippen LogP contribution is 2.46. The quantitative estimate of drug-likeness (QED) is 0.252. The van der Waals surface area contributed by atoms with Gasteiger partial charge < -0.3 is 24.8 Å². The molecule has 2 aromatic carbocycles. The monoisotopic (exact) mass is 627 g/mol. The van der Waals surface area contributed by atoms with Crippen molar-refractivity contribution in [1.82, 2.24) is 4.90 Å². The van der Waals surface area contributed by atoms with Crippen LogP contribution >= 0.6 is 15.9 Å². The van der Waals surface area contributed by atoms with Gasteiger partial charge in [0.2, 0.25) is 11.8 Å². The molecule has 4 atom stereocenters. The maximum Gasteiger partial charge on any atom is 0.423 e. The van der Waals surface area contributed by atoms with E-state index in [4.69, 9.17) is 4.74 Å². The largest absolute Gasteiger partial charge is 0.507 e. The van der Waals surface area contributed by atoms with Crippen molar-refractivity contribution in [2.75, 3.05) is 20.3 Å². The van der Waals surface area contributed by atoms with Crippen LogP contribution in [0.2, 0.25) is 0 Å². The number of imide groups is 3. The lowest BCUT2D eigenvalue weighted by Gasteiger charge is -2.36. The maximum atomic E-state index is 13.3. The van der Waals surface area contributed by atoms with Crippen molar-refractivity contribution in [3.63, 3.8) is 0 Å². The Morgan fingerprint density at radius 2 is 1.90 bits per heavy atom. The molecule has 2 aliphatic rings. The Morgan fingerprint density at radius 3 is 2.56 bits per heavy atom. The summed E-state index contributed by atoms with van der Waals surface area (Å²) in [5.41, 5.74) is 2.70. The number of ether oxygens (including phenoxy) is 2. The molecule has 0 aromatic heterocycles. The molecule has 1 fully saturated rings. The van der Waals surface area contributed by atoms with Gasteiger partial charge in [0.15, 0.2) is 0 Å². The standard InChI is InChI=1S/C31H34BrNO8/c1-3-18(13-19-14-21(32)10-12-25(19)35)9-11-26(36)27-20(17-41-22-7-5-4-6-8-22)15-23-28(24(27)16-34)30(38)33(29(23)37)31(39)40-2/h4-8,10,12-14,23-24,26,28,34-36H,3,9,11,15-17H2,1-2H3/b18-13+/t23-,24+,26-,28-/m1/s1. The summed E-state index contributed by atoms with van der Waals surface area (Å²) in [5.74, 6) is -3.45. The van der Waals surface area contributed by atoms with Gasteiger partial charge in [-0.15, -0.1) is 0 Å². The second kappa shape index (κ2) is 13.5. The highest BCUT2D eigenvalue weighted by atomic mass is 79.9. The minimum absolute atomic E-state index is 0.0399. The van der Waals surface area contributed by atoms with Gasteiger partial charge in [-0.1, -0.05) is 52.7 Å². The van der Waals surface area contributed by atoms with E-state index in [1.807, 2.05) is 37.3 Å². The fourth-order valence-corrected chi connectivity index (χ4v) is 6.12. The number of rotatable bonds is 10. The number of allylic oxidation sites excluding steroid dienone is 1. The number of likely N-dealkylation sites (tertiary alicyclic amines) is 1. The minimum atomic E-state index is -1.07. The Hall–Kier alpha value is -3.47. The van der Waals surface area contributed by atoms with Crippen molar-refractivity contribution in [2.24, 2.45) is 17.8 Å². The summed E-state index contributed by atoms with van der Waals surface area (Å²) in [5, 5.41) is 32.3. The Morgan fingerprint density at radius 1 is 1.17 bits per heavy atom. The van der Waals surface area contributed by atoms with Crippen molar-refractivity contribution in [1.29, 1.82) is 0 Å². The van der Waals surface area contributed by atoms with Gasteiger partial charge in [0.25, 0.3) is 0 Å². The molecule has 0 radical (unpaired) electrons. The molecule has 0 bridgehead atoms. The average molecular weight is 629 g/mol. The average Bonchev–Trinajstić information content (AvgIpc) is 3.23. The number of carbonyl (C=O) groups is 3. The number of aromatic hydroxyl groups is 1. The van der Waals surface area contributed by atoms with Crippen LogP contribution in [0.15, 0.2) is 69.7 Å². The number of aliphatic hydroxyl groups is 2. The van der Waals surface area contributed by atoms with Crippen LogP contribution in [0.5, 0.6) is 11.5 Å². The van der Waals surface area contributed by atoms with Gasteiger partial charge in [0.05, 0.1) is 31.7 Å². The van der Waals surface area contributed by atoms with Crippen molar-refractivity contribution in [2.45, 2.75) is 38.7 Å². The highest BCUT2D eigenvalue weighted by Gasteiger charge is 2.57. The summed E-state index contributed by atoms with van der Waals surface area (Å²) in [6, 6.07) is 14.2. The van der Waals surface area contributed by atoms with Gasteiger partial charge >= 0.3 is 6.09 Å². The van der Waals surface area contributed by atoms with Crippen molar-refractivity contribution >= 4 is 39.9 Å². The van der Waals surface area contributed by atoms with Gasteiger partial charge in [-0.25, -0.2) is 4.79 Å². The molecule has 0 saturated carbocycles. The van der Waals surface area contributed by atoms with Gasteiger partial charge in [-0.05, 0) is 67.2 Å². The van der Waals surface area contributed by atoms with E-state index in [2.05, 4.69) is 20.7 Å². The zero-order chi connectivity index (χ0) is 29.7. The first kappa shape index (κ1) is 30.5. The van der Waals surface area contributed by atoms with E-state index in [0.717, 1.165) is 17.2 Å². The number of methoxy groups -OCH3 is 1. The first-order valence-electron chi connectivity index (χ1n) is 13.5. The summed E-state index contributed by atoms with van der Waals surface area (Å²) in [6.45, 7) is 1.52. The summed E-state index contributed by atoms with van der Waals surface area (Å²) in [4.78, 5) is 39.2. The Kier molecular flexibility index (Phi) is 10.0. The first-order chi connectivity index (χ1) is 19.7. The van der Waals surface area contributed by atoms with E-state index in [1.54, 1.807) is 24.3 Å². The molecule has 41 heavy (non-hydrogen) atoms. The van der Waals surface area contributed by atoms with Crippen LogP contribution in [0.25, 0.3) is 6.08 Å². The number of benzene rings is 2. The third-order valence-corrected chi connectivity index (χ3v) is 8.29. The number of amides is 3. The summed E-state index contributed by atoms with van der Waals surface area (Å²) < 4.78 is 11.5. The maximum absolute atomic E-state index is 13.3. The van der Waals surface area contributed by atoms with E-state index in [1.165, 1.54) is 0 Å². The van der Waals surface area contributed by atoms with Gasteiger partial charge in [0.1, 0.15) is 18.1 Å². The number of hydrogen-bond donors (Lipinski definition) is 3. The minimum Gasteiger partial charge on any atom is -0.507 e. The van der Waals surface area contributed by atoms with E-state index in [0.29, 0.717) is 40.2 Å². The second-order valence-electron chi connectivity index (χ2n) is 10.2. The molecular formula is C31H34BrNO8. The van der Waals surface area contributed by atoms with Crippen molar-refractivity contribution in [3.05, 3.63) is 75.3 Å². The third kappa shape index (κ3) is 6.55. The lowest BCUT2D eigenvalue weighted by atomic mass is 9.68. The zero-order valence-corrected chi connectivity index (χ0v) is 24.5. The molecule has 9 nitrogen and oxygen atoms in total. The topological polar surface area (TPSA) is 134 Å². The van der Waals surface area contributed by atoms with Crippen LogP contribution in [-0.2, 0) is 14.3 Å². The number of para-hydroxylation sites is 1. The highest BCUT2D eigenvalue weighted by molar-refractivity contribution is 9.10. The van der Waals surface area contributed by atoms with Crippen LogP contribution < -0.4 is 4.74 Å². The molecular weight excluding hydrogens is 594 g/mol. The van der Waals surface area contributed by atoms with Crippen LogP contribution in [-0.4, -0.2) is 64.6 Å². The lowest BCUT2D eigenvalue weighted by molar-refractivity contribution is -0.137. The summed E-state index contributed by atoms with van der Waals surface area (Å²) >= 11 is 3.42. The zero-order valence-electron chi connectivity index (χ0n) is 23.0. The van der Waals surface area contributed by atoms with Crippen LogP contribution in [0.1, 0.15) is 38.2 Å². The summed E-state index contributed by atoms with van der Waals surface area (Å²) in [7, 11) is 1.09. The molecule has 0 unspecified atom stereocenters. The number of carbonyl (C=O) groups excluding carboxylic acids is 3. The molecule has 10 heteroatoms. The molecule has 3 amide bonds. The molecule has 4 rings (SSSR count). The number of aliphatic hydroxyl groups excluding tert-OH is 2. The third-order valence-electron chi connectivity index (χ3n) is 7.80. The molecule has 1 heterocycles. The van der Waals surface area contributed by atoms with Gasteiger partial charge in [-0.2, -0.15) is 4.90 Å². The SMILES string of the molecule is CC/C(=C\c1cc(Br)ccc1O)CC[C@@H](O)C1=C(COc2ccccc2)C[C@H]2C(=O)N(C(=O)OC)C(=O)[C@H]2[C@H]1CO. The molecule has 1 aliphatic heterocycles. The normalized spacial score (nSPS) is 21.6. The predicted molar refractivity (Wildman–Crippen MR) is 155 cm³/mol. The number of phenols is 1. The first-order valence-corrected chi connectivity index (χ1v) is 14.3.